The van der Waals surface area contributed by atoms with Crippen LogP contribution in [0.15, 0.2) is 45.9 Å². The van der Waals surface area contributed by atoms with E-state index in [9.17, 15) is 9.59 Å². The number of hydrogen-bond donors (Lipinski definition) is 1. The Morgan fingerprint density at radius 1 is 1.26 bits per heavy atom. The molecule has 0 unspecified atom stereocenters. The van der Waals surface area contributed by atoms with E-state index < -0.39 is 5.91 Å². The Kier molecular flexibility index (Phi) is 4.15. The third-order valence-corrected chi connectivity index (χ3v) is 4.20. The van der Waals surface area contributed by atoms with E-state index in [0.29, 0.717) is 21.1 Å². The molecule has 23 heavy (non-hydrogen) atoms. The second-order valence-electron chi connectivity index (χ2n) is 5.05. The summed E-state index contributed by atoms with van der Waals surface area (Å²) in [6, 6.07) is 6.63. The highest BCUT2D eigenvalue weighted by molar-refractivity contribution is 6.42. The molecule has 118 valence electrons. The van der Waals surface area contributed by atoms with Crippen LogP contribution in [-0.2, 0) is 13.6 Å². The molecular formula is C16H12Cl2N2O3. The van der Waals surface area contributed by atoms with Crippen molar-refractivity contribution in [2.75, 3.05) is 0 Å². The van der Waals surface area contributed by atoms with E-state index in [1.165, 1.54) is 12.5 Å². The molecule has 0 aliphatic carbocycles. The zero-order chi connectivity index (χ0) is 16.6. The molecule has 0 spiro atoms. The number of pyridine rings is 1. The predicted molar refractivity (Wildman–Crippen MR) is 89.1 cm³/mol. The first kappa shape index (κ1) is 15.6. The standard InChI is InChI=1S/C16H12Cl2N2O3/c1-20-8-11(14(21)10-4-5-23-16(10)20)15(22)19-7-9-2-3-12(17)13(18)6-9/h2-6,8H,7H2,1H3,(H,19,22). The maximum atomic E-state index is 12.3. The van der Waals surface area contributed by atoms with Gasteiger partial charge in [-0.15, -0.1) is 0 Å². The number of furan rings is 1. The highest BCUT2D eigenvalue weighted by atomic mass is 35.5. The quantitative estimate of drug-likeness (QED) is 0.787. The monoisotopic (exact) mass is 350 g/mol. The highest BCUT2D eigenvalue weighted by Crippen LogP contribution is 2.22. The lowest BCUT2D eigenvalue weighted by atomic mass is 10.2. The second-order valence-corrected chi connectivity index (χ2v) is 5.87. The van der Waals surface area contributed by atoms with E-state index in [1.807, 2.05) is 0 Å². The van der Waals surface area contributed by atoms with E-state index in [-0.39, 0.29) is 17.5 Å². The molecular weight excluding hydrogens is 339 g/mol. The Labute approximate surface area is 141 Å². The number of rotatable bonds is 3. The zero-order valence-electron chi connectivity index (χ0n) is 12.1. The van der Waals surface area contributed by atoms with Crippen LogP contribution < -0.4 is 10.7 Å². The van der Waals surface area contributed by atoms with Crippen molar-refractivity contribution < 1.29 is 9.21 Å². The summed E-state index contributed by atoms with van der Waals surface area (Å²) in [7, 11) is 1.71. The second kappa shape index (κ2) is 6.10. The Bertz CT molecular complexity index is 960. The molecule has 1 N–H and O–H groups in total. The fourth-order valence-electron chi connectivity index (χ4n) is 2.29. The molecule has 5 nitrogen and oxygen atoms in total. The first-order chi connectivity index (χ1) is 11.0. The summed E-state index contributed by atoms with van der Waals surface area (Å²) >= 11 is 11.8. The van der Waals surface area contributed by atoms with Crippen LogP contribution in [0, 0.1) is 0 Å². The number of hydrogen-bond acceptors (Lipinski definition) is 3. The van der Waals surface area contributed by atoms with Crippen molar-refractivity contribution in [3.05, 3.63) is 68.1 Å². The Balaban J connectivity index is 1.84. The molecule has 3 rings (SSSR count). The van der Waals surface area contributed by atoms with Crippen molar-refractivity contribution in [1.82, 2.24) is 9.88 Å². The number of halogens is 2. The third kappa shape index (κ3) is 2.98. The summed E-state index contributed by atoms with van der Waals surface area (Å²) in [4.78, 5) is 24.6. The average molecular weight is 351 g/mol. The van der Waals surface area contributed by atoms with Gasteiger partial charge in [0.25, 0.3) is 5.91 Å². The number of fused-ring (bicyclic) bond motifs is 1. The first-order valence-electron chi connectivity index (χ1n) is 6.76. The van der Waals surface area contributed by atoms with E-state index in [2.05, 4.69) is 5.32 Å². The van der Waals surface area contributed by atoms with E-state index in [4.69, 9.17) is 27.6 Å². The number of aryl methyl sites for hydroxylation is 1. The Hall–Kier alpha value is -2.24. The molecule has 3 aromatic rings. The number of amides is 1. The molecule has 7 heteroatoms. The van der Waals surface area contributed by atoms with Crippen LogP contribution in [-0.4, -0.2) is 10.5 Å². The minimum absolute atomic E-state index is 0.0569. The van der Waals surface area contributed by atoms with E-state index in [1.54, 1.807) is 35.9 Å². The summed E-state index contributed by atoms with van der Waals surface area (Å²) in [5.74, 6) is -0.459. The molecule has 2 heterocycles. The molecule has 0 radical (unpaired) electrons. The van der Waals surface area contributed by atoms with Gasteiger partial charge in [-0.3, -0.25) is 9.59 Å². The van der Waals surface area contributed by atoms with Crippen molar-refractivity contribution in [2.24, 2.45) is 7.05 Å². The number of nitrogens with one attached hydrogen (secondary N) is 1. The van der Waals surface area contributed by atoms with Crippen molar-refractivity contribution in [1.29, 1.82) is 0 Å². The molecule has 0 bridgehead atoms. The SMILES string of the molecule is Cn1cc(C(=O)NCc2ccc(Cl)c(Cl)c2)c(=O)c2ccoc21. The molecule has 0 aliphatic rings. The van der Waals surface area contributed by atoms with Gasteiger partial charge in [-0.1, -0.05) is 29.3 Å². The van der Waals surface area contributed by atoms with Crippen LogP contribution >= 0.6 is 23.2 Å². The summed E-state index contributed by atoms with van der Waals surface area (Å²) in [5.41, 5.74) is 0.907. The third-order valence-electron chi connectivity index (χ3n) is 3.46. The molecule has 0 saturated carbocycles. The highest BCUT2D eigenvalue weighted by Gasteiger charge is 2.15. The lowest BCUT2D eigenvalue weighted by molar-refractivity contribution is 0.0949. The van der Waals surface area contributed by atoms with Crippen molar-refractivity contribution >= 4 is 40.2 Å². The van der Waals surface area contributed by atoms with Gasteiger partial charge in [-0.2, -0.15) is 0 Å². The van der Waals surface area contributed by atoms with Gasteiger partial charge in [-0.05, 0) is 23.8 Å². The van der Waals surface area contributed by atoms with Gasteiger partial charge in [0.05, 0.1) is 21.7 Å². The average Bonchev–Trinajstić information content (AvgIpc) is 3.02. The minimum atomic E-state index is -0.459. The fraction of sp³-hybridized carbons (Fsp3) is 0.125. The van der Waals surface area contributed by atoms with Gasteiger partial charge in [0, 0.05) is 19.8 Å². The van der Waals surface area contributed by atoms with Crippen LogP contribution in [0.1, 0.15) is 15.9 Å². The van der Waals surface area contributed by atoms with Crippen LogP contribution in [0.4, 0.5) is 0 Å². The van der Waals surface area contributed by atoms with Gasteiger partial charge in [0.2, 0.25) is 11.1 Å². The van der Waals surface area contributed by atoms with Gasteiger partial charge in [0.15, 0.2) is 0 Å². The molecule has 0 saturated heterocycles. The maximum Gasteiger partial charge on any atom is 0.257 e. The molecule has 0 aliphatic heterocycles. The van der Waals surface area contributed by atoms with Crippen LogP contribution in [0.3, 0.4) is 0 Å². The normalized spacial score (nSPS) is 10.9. The Morgan fingerprint density at radius 2 is 2.04 bits per heavy atom. The van der Waals surface area contributed by atoms with Crippen LogP contribution in [0.2, 0.25) is 10.0 Å². The van der Waals surface area contributed by atoms with Crippen molar-refractivity contribution in [2.45, 2.75) is 6.54 Å². The van der Waals surface area contributed by atoms with Crippen molar-refractivity contribution in [3.63, 3.8) is 0 Å². The number of aromatic nitrogens is 1. The van der Waals surface area contributed by atoms with Gasteiger partial charge in [0.1, 0.15) is 5.56 Å². The zero-order valence-corrected chi connectivity index (χ0v) is 13.6. The van der Waals surface area contributed by atoms with Gasteiger partial charge < -0.3 is 14.3 Å². The summed E-state index contributed by atoms with van der Waals surface area (Å²) in [6.45, 7) is 0.238. The summed E-state index contributed by atoms with van der Waals surface area (Å²) in [6.07, 6.45) is 2.88. The molecule has 0 atom stereocenters. The first-order valence-corrected chi connectivity index (χ1v) is 7.52. The predicted octanol–water partition coefficient (Wildman–Crippen LogP) is 3.37. The molecule has 0 fully saturated rings. The van der Waals surface area contributed by atoms with Gasteiger partial charge in [-0.25, -0.2) is 0 Å². The number of carbonyl (C=O) groups is 1. The topological polar surface area (TPSA) is 64.2 Å². The number of carbonyl (C=O) groups excluding carboxylic acids is 1. The minimum Gasteiger partial charge on any atom is -0.448 e. The van der Waals surface area contributed by atoms with E-state index in [0.717, 1.165) is 5.56 Å². The number of nitrogens with zero attached hydrogens (tertiary/aromatic N) is 1. The Morgan fingerprint density at radius 3 is 2.78 bits per heavy atom. The van der Waals surface area contributed by atoms with Crippen LogP contribution in [0.25, 0.3) is 11.1 Å². The maximum absolute atomic E-state index is 12.3. The summed E-state index contributed by atoms with van der Waals surface area (Å²) in [5, 5.41) is 3.93. The van der Waals surface area contributed by atoms with Gasteiger partial charge >= 0.3 is 0 Å². The lowest BCUT2D eigenvalue weighted by Gasteiger charge is -2.08. The van der Waals surface area contributed by atoms with Crippen molar-refractivity contribution in [3.8, 4) is 0 Å². The number of benzene rings is 1. The molecule has 1 amide bonds. The molecule has 2 aromatic heterocycles. The smallest absolute Gasteiger partial charge is 0.257 e. The van der Waals surface area contributed by atoms with E-state index >= 15 is 0 Å². The largest absolute Gasteiger partial charge is 0.448 e. The molecule has 1 aromatic carbocycles. The van der Waals surface area contributed by atoms with Crippen LogP contribution in [0.5, 0.6) is 0 Å². The summed E-state index contributed by atoms with van der Waals surface area (Å²) < 4.78 is 6.82. The fourth-order valence-corrected chi connectivity index (χ4v) is 2.61. The lowest BCUT2D eigenvalue weighted by Crippen LogP contribution is -2.29.